The summed E-state index contributed by atoms with van der Waals surface area (Å²) >= 11 is 0. The Bertz CT molecular complexity index is 531. The average Bonchev–Trinajstić information content (AvgIpc) is 3.02. The van der Waals surface area contributed by atoms with Gasteiger partial charge in [-0.25, -0.2) is 4.39 Å². The van der Waals surface area contributed by atoms with Crippen LogP contribution in [0.4, 0.5) is 4.39 Å². The van der Waals surface area contributed by atoms with E-state index in [2.05, 4.69) is 5.32 Å². The zero-order valence-electron chi connectivity index (χ0n) is 11.6. The number of benzene rings is 1. The van der Waals surface area contributed by atoms with E-state index in [1.165, 1.54) is 6.07 Å². The van der Waals surface area contributed by atoms with Gasteiger partial charge in [-0.05, 0) is 49.7 Å². The Labute approximate surface area is 118 Å². The normalized spacial score (nSPS) is 31.6. The summed E-state index contributed by atoms with van der Waals surface area (Å²) in [5.41, 5.74) is 0.578. The Morgan fingerprint density at radius 1 is 1.40 bits per heavy atom. The van der Waals surface area contributed by atoms with E-state index < -0.39 is 5.82 Å². The summed E-state index contributed by atoms with van der Waals surface area (Å²) < 4.78 is 14.0. The molecule has 0 aromatic heterocycles. The lowest BCUT2D eigenvalue weighted by Gasteiger charge is -2.30. The summed E-state index contributed by atoms with van der Waals surface area (Å²) in [4.78, 5) is 12.3. The number of halogens is 1. The molecule has 2 fully saturated rings. The van der Waals surface area contributed by atoms with Gasteiger partial charge in [-0.3, -0.25) is 4.79 Å². The van der Waals surface area contributed by atoms with Gasteiger partial charge >= 0.3 is 0 Å². The minimum Gasteiger partial charge on any atom is -0.396 e. The van der Waals surface area contributed by atoms with Gasteiger partial charge in [0.1, 0.15) is 5.82 Å². The first-order valence-corrected chi connectivity index (χ1v) is 7.28. The first-order chi connectivity index (χ1) is 9.61. The summed E-state index contributed by atoms with van der Waals surface area (Å²) in [5.74, 6) is 0.271. The zero-order valence-corrected chi connectivity index (χ0v) is 11.6. The van der Waals surface area contributed by atoms with Crippen molar-refractivity contribution in [1.82, 2.24) is 5.32 Å². The van der Waals surface area contributed by atoms with Gasteiger partial charge in [-0.2, -0.15) is 0 Å². The molecule has 1 aromatic carbocycles. The van der Waals surface area contributed by atoms with Gasteiger partial charge in [0, 0.05) is 18.6 Å². The van der Waals surface area contributed by atoms with Gasteiger partial charge in [0.05, 0.1) is 5.56 Å². The van der Waals surface area contributed by atoms with Crippen LogP contribution in [-0.2, 0) is 0 Å². The number of aliphatic hydroxyl groups is 1. The van der Waals surface area contributed by atoms with Crippen molar-refractivity contribution in [2.45, 2.75) is 32.2 Å². The summed E-state index contributed by atoms with van der Waals surface area (Å²) in [5, 5.41) is 12.5. The minimum atomic E-state index is -0.450. The fourth-order valence-electron chi connectivity index (χ4n) is 3.95. The number of hydrogen-bond acceptors (Lipinski definition) is 2. The molecule has 108 valence electrons. The Balaban J connectivity index is 1.77. The van der Waals surface area contributed by atoms with Crippen molar-refractivity contribution in [3.05, 3.63) is 35.1 Å². The first kappa shape index (κ1) is 13.6. The smallest absolute Gasteiger partial charge is 0.254 e. The molecular weight excluding hydrogens is 257 g/mol. The van der Waals surface area contributed by atoms with Crippen LogP contribution in [0.5, 0.6) is 0 Å². The van der Waals surface area contributed by atoms with Crippen LogP contribution in [0.25, 0.3) is 0 Å². The van der Waals surface area contributed by atoms with E-state index in [4.69, 9.17) is 0 Å². The third-order valence-corrected chi connectivity index (χ3v) is 5.03. The highest BCUT2D eigenvalue weighted by Gasteiger charge is 2.47. The average molecular weight is 277 g/mol. The van der Waals surface area contributed by atoms with Crippen molar-refractivity contribution in [2.75, 3.05) is 6.61 Å². The molecule has 4 heteroatoms. The Morgan fingerprint density at radius 3 is 2.90 bits per heavy atom. The molecule has 0 radical (unpaired) electrons. The molecule has 0 spiro atoms. The molecule has 2 saturated carbocycles. The lowest BCUT2D eigenvalue weighted by atomic mass is 9.85. The Hall–Kier alpha value is -1.42. The fraction of sp³-hybridized carbons (Fsp3) is 0.562. The maximum Gasteiger partial charge on any atom is 0.254 e. The van der Waals surface area contributed by atoms with Gasteiger partial charge in [0.25, 0.3) is 5.91 Å². The third-order valence-electron chi connectivity index (χ3n) is 5.03. The molecule has 1 amide bonds. The van der Waals surface area contributed by atoms with Crippen molar-refractivity contribution >= 4 is 5.91 Å². The first-order valence-electron chi connectivity index (χ1n) is 7.28. The Morgan fingerprint density at radius 2 is 2.15 bits per heavy atom. The molecule has 2 bridgehead atoms. The molecule has 1 aromatic rings. The number of nitrogens with one attached hydrogen (secondary N) is 1. The predicted molar refractivity (Wildman–Crippen MR) is 73.8 cm³/mol. The lowest BCUT2D eigenvalue weighted by Crippen LogP contribution is -2.45. The van der Waals surface area contributed by atoms with E-state index in [1.807, 2.05) is 0 Å². The monoisotopic (exact) mass is 277 g/mol. The molecular formula is C16H20FNO2. The second kappa shape index (κ2) is 5.17. The SMILES string of the molecule is Cc1cccc(C(=O)N[C@H]2[C@H]3CC[C@@H](C3)[C@@H]2CO)c1F. The van der Waals surface area contributed by atoms with Gasteiger partial charge in [-0.1, -0.05) is 12.1 Å². The van der Waals surface area contributed by atoms with E-state index in [1.54, 1.807) is 19.1 Å². The summed E-state index contributed by atoms with van der Waals surface area (Å²) in [6.07, 6.45) is 3.32. The van der Waals surface area contributed by atoms with Gasteiger partial charge in [-0.15, -0.1) is 0 Å². The number of carbonyl (C=O) groups excluding carboxylic acids is 1. The van der Waals surface area contributed by atoms with Gasteiger partial charge < -0.3 is 10.4 Å². The second-order valence-electron chi connectivity index (χ2n) is 6.12. The molecule has 0 heterocycles. The molecule has 2 aliphatic carbocycles. The zero-order chi connectivity index (χ0) is 14.3. The predicted octanol–water partition coefficient (Wildman–Crippen LogP) is 2.27. The van der Waals surface area contributed by atoms with Crippen molar-refractivity contribution in [3.8, 4) is 0 Å². The summed E-state index contributed by atoms with van der Waals surface area (Å²) in [7, 11) is 0. The molecule has 2 N–H and O–H groups in total. The van der Waals surface area contributed by atoms with E-state index in [-0.39, 0.29) is 30.0 Å². The van der Waals surface area contributed by atoms with Crippen molar-refractivity contribution in [1.29, 1.82) is 0 Å². The standard InChI is InChI=1S/C16H20FNO2/c1-9-3-2-4-12(14(9)17)16(20)18-15-11-6-5-10(7-11)13(15)8-19/h2-4,10-11,13,15,19H,5-8H2,1H3,(H,18,20)/t10-,11-,13-,15-/m0/s1. The van der Waals surface area contributed by atoms with Crippen molar-refractivity contribution < 1.29 is 14.3 Å². The molecule has 3 rings (SSSR count). The highest BCUT2D eigenvalue weighted by Crippen LogP contribution is 2.48. The van der Waals surface area contributed by atoms with Crippen LogP contribution in [0.15, 0.2) is 18.2 Å². The summed E-state index contributed by atoms with van der Waals surface area (Å²) in [6, 6.07) is 4.85. The van der Waals surface area contributed by atoms with Crippen LogP contribution in [0.2, 0.25) is 0 Å². The van der Waals surface area contributed by atoms with E-state index in [0.29, 0.717) is 17.4 Å². The molecule has 0 aliphatic heterocycles. The van der Waals surface area contributed by atoms with Crippen LogP contribution in [0.1, 0.15) is 35.2 Å². The number of aliphatic hydroxyl groups excluding tert-OH is 1. The van der Waals surface area contributed by atoms with Crippen molar-refractivity contribution in [3.63, 3.8) is 0 Å². The maximum atomic E-state index is 14.0. The highest BCUT2D eigenvalue weighted by molar-refractivity contribution is 5.95. The van der Waals surface area contributed by atoms with Crippen LogP contribution in [0.3, 0.4) is 0 Å². The fourth-order valence-corrected chi connectivity index (χ4v) is 3.95. The lowest BCUT2D eigenvalue weighted by molar-refractivity contribution is 0.0857. The Kier molecular flexibility index (Phi) is 3.50. The molecule has 4 atom stereocenters. The second-order valence-corrected chi connectivity index (χ2v) is 6.12. The number of amides is 1. The largest absolute Gasteiger partial charge is 0.396 e. The number of carbonyl (C=O) groups is 1. The molecule has 2 aliphatic rings. The van der Waals surface area contributed by atoms with Crippen molar-refractivity contribution in [2.24, 2.45) is 17.8 Å². The number of rotatable bonds is 3. The topological polar surface area (TPSA) is 49.3 Å². The van der Waals surface area contributed by atoms with Crippen LogP contribution in [0, 0.1) is 30.5 Å². The quantitative estimate of drug-likeness (QED) is 0.890. The van der Waals surface area contributed by atoms with E-state index >= 15 is 0 Å². The maximum absolute atomic E-state index is 14.0. The van der Waals surface area contributed by atoms with Crippen LogP contribution >= 0.6 is 0 Å². The van der Waals surface area contributed by atoms with Crippen LogP contribution in [-0.4, -0.2) is 23.7 Å². The minimum absolute atomic E-state index is 0.00818. The molecule has 0 unspecified atom stereocenters. The van der Waals surface area contributed by atoms with E-state index in [0.717, 1.165) is 19.3 Å². The van der Waals surface area contributed by atoms with Gasteiger partial charge in [0.2, 0.25) is 0 Å². The number of hydrogen-bond donors (Lipinski definition) is 2. The third kappa shape index (κ3) is 2.12. The summed E-state index contributed by atoms with van der Waals surface area (Å²) in [6.45, 7) is 1.75. The van der Waals surface area contributed by atoms with E-state index in [9.17, 15) is 14.3 Å². The molecule has 3 nitrogen and oxygen atoms in total. The molecule has 0 saturated heterocycles. The number of fused-ring (bicyclic) bond motifs is 2. The van der Waals surface area contributed by atoms with Crippen LogP contribution < -0.4 is 5.32 Å². The van der Waals surface area contributed by atoms with Gasteiger partial charge in [0.15, 0.2) is 0 Å². The highest BCUT2D eigenvalue weighted by atomic mass is 19.1. The molecule has 20 heavy (non-hydrogen) atoms. The number of aryl methyl sites for hydroxylation is 1.